The Balaban J connectivity index is 0.736. The molecule has 3 aliphatic heterocycles. The molecule has 68 heavy (non-hydrogen) atoms. The molecule has 5 amide bonds. The molecule has 1 atom stereocenters. The number of hydrogen-bond donors (Lipinski definition) is 6. The summed E-state index contributed by atoms with van der Waals surface area (Å²) in [5, 5.41) is 18.1. The zero-order valence-electron chi connectivity index (χ0n) is 38.5. The normalized spacial score (nSPS) is 17.0. The van der Waals surface area contributed by atoms with Crippen LogP contribution in [0.3, 0.4) is 0 Å². The highest BCUT2D eigenvalue weighted by molar-refractivity contribution is 6.08. The number of rotatable bonds is 22. The summed E-state index contributed by atoms with van der Waals surface area (Å²) in [5.41, 5.74) is 10.6. The number of imide groups is 1. The van der Waals surface area contributed by atoms with Gasteiger partial charge in [0, 0.05) is 92.9 Å². The van der Waals surface area contributed by atoms with Crippen LogP contribution in [-0.4, -0.2) is 121 Å². The number of aliphatic imine (C=N–C) groups is 1. The standard InChI is InChI=1S/C50H60N10O8/c1-59-24-20-50(21-25-59,49(52)57-45(51)35-18-22-53-23-19-35)58-37-9-5-8-36(30-37)46(63)54-31-34-12-14-38(15-13-34)68-29-4-2-3-26-66-27-7-28-67-33-44(62)55-41-11-6-10-39-40(41)32-60(48(39)65)42-16-17-43(61)56-47(42)64/h5-6,8-15,18-19,22-23,30,42,58H,2-4,7,16-17,20-21,24-29,31-33H2,1H3,(H,54,63)(H,55,62)(H3,51,52,57)(H,56,61,64)/p+1. The van der Waals surface area contributed by atoms with Gasteiger partial charge < -0.3 is 45.7 Å². The molecule has 3 aromatic carbocycles. The van der Waals surface area contributed by atoms with Gasteiger partial charge in [0.15, 0.2) is 0 Å². The van der Waals surface area contributed by atoms with E-state index in [1.54, 1.807) is 48.8 Å². The van der Waals surface area contributed by atoms with Gasteiger partial charge in [0.1, 0.15) is 23.9 Å². The fourth-order valence-electron chi connectivity index (χ4n) is 8.36. The average Bonchev–Trinajstić information content (AvgIpc) is 3.68. The number of amides is 5. The molecule has 7 rings (SSSR count). The molecule has 4 aromatic rings. The van der Waals surface area contributed by atoms with Crippen LogP contribution in [0.1, 0.15) is 88.8 Å². The molecular weight excluding hydrogens is 869 g/mol. The monoisotopic (exact) mass is 929 g/mol. The third-order valence-corrected chi connectivity index (χ3v) is 12.3. The molecule has 3 aliphatic rings. The van der Waals surface area contributed by atoms with Gasteiger partial charge in [-0.15, -0.1) is 0 Å². The summed E-state index contributed by atoms with van der Waals surface area (Å²) in [7, 11) is 2.08. The Hall–Kier alpha value is -7.02. The Morgan fingerprint density at radius 1 is 0.897 bits per heavy atom. The van der Waals surface area contributed by atoms with Crippen LogP contribution in [0.5, 0.6) is 5.75 Å². The molecule has 2 fully saturated rings. The van der Waals surface area contributed by atoms with Gasteiger partial charge in [0.25, 0.3) is 11.8 Å². The number of aromatic nitrogens is 1. The summed E-state index contributed by atoms with van der Waals surface area (Å²) in [5.74, 6) is -0.213. The topological polar surface area (TPSA) is 245 Å². The Kier molecular flexibility index (Phi) is 17.0. The lowest BCUT2D eigenvalue weighted by atomic mass is 9.85. The zero-order chi connectivity index (χ0) is 47.9. The second-order valence-electron chi connectivity index (χ2n) is 17.2. The van der Waals surface area contributed by atoms with Gasteiger partial charge in [0.2, 0.25) is 23.6 Å². The Labute approximate surface area is 395 Å². The molecule has 2 saturated heterocycles. The highest BCUT2D eigenvalue weighted by Gasteiger charge is 2.42. The Bertz CT molecular complexity index is 2460. The van der Waals surface area contributed by atoms with E-state index in [9.17, 15) is 24.0 Å². The van der Waals surface area contributed by atoms with Crippen molar-refractivity contribution in [2.45, 2.75) is 76.0 Å². The van der Waals surface area contributed by atoms with Crippen molar-refractivity contribution in [3.05, 3.63) is 119 Å². The number of nitrogens with zero attached hydrogens (tertiary/aromatic N) is 4. The van der Waals surface area contributed by atoms with E-state index >= 15 is 0 Å². The van der Waals surface area contributed by atoms with Crippen LogP contribution >= 0.6 is 0 Å². The number of unbranched alkanes of at least 4 members (excludes halogenated alkanes) is 2. The van der Waals surface area contributed by atoms with Crippen LogP contribution in [0.25, 0.3) is 0 Å². The van der Waals surface area contributed by atoms with Gasteiger partial charge in [-0.1, -0.05) is 24.3 Å². The van der Waals surface area contributed by atoms with E-state index in [2.05, 4.69) is 43.2 Å². The minimum absolute atomic E-state index is 0.153. The SMILES string of the molecule is CN1CCC(Nc2cccc(C(=O)NCc3ccc(OCCCCCOCCCOCC(=O)Nc4cccc5c4CN(C4CCC(=O)NC4=O)C5=O)cc3)c2)(C(N)=NC(=[NH2+])c2ccncc2)CC1. The maximum atomic E-state index is 13.3. The maximum absolute atomic E-state index is 13.3. The second-order valence-corrected chi connectivity index (χ2v) is 17.2. The zero-order valence-corrected chi connectivity index (χ0v) is 38.5. The summed E-state index contributed by atoms with van der Waals surface area (Å²) in [6, 6.07) is 23.0. The van der Waals surface area contributed by atoms with E-state index in [1.807, 2.05) is 42.5 Å². The van der Waals surface area contributed by atoms with Gasteiger partial charge in [-0.3, -0.25) is 39.7 Å². The van der Waals surface area contributed by atoms with Gasteiger partial charge in [-0.2, -0.15) is 0 Å². The number of hydrogen-bond acceptors (Lipinski definition) is 11. The minimum Gasteiger partial charge on any atom is -0.494 e. The lowest BCUT2D eigenvalue weighted by Crippen LogP contribution is -2.57. The lowest BCUT2D eigenvalue weighted by Gasteiger charge is -2.39. The first-order valence-electron chi connectivity index (χ1n) is 23.1. The van der Waals surface area contributed by atoms with Crippen molar-refractivity contribution in [2.24, 2.45) is 10.7 Å². The molecular formula is C50H61N10O8+. The van der Waals surface area contributed by atoms with Crippen molar-refractivity contribution in [1.29, 1.82) is 0 Å². The van der Waals surface area contributed by atoms with E-state index in [1.165, 1.54) is 4.90 Å². The molecule has 0 aliphatic carbocycles. The number of amidine groups is 2. The third-order valence-electron chi connectivity index (χ3n) is 12.3. The molecule has 18 nitrogen and oxygen atoms in total. The number of carbonyl (C=O) groups excluding carboxylic acids is 5. The van der Waals surface area contributed by atoms with Crippen molar-refractivity contribution in [3.63, 3.8) is 0 Å². The van der Waals surface area contributed by atoms with Crippen LogP contribution in [0.2, 0.25) is 0 Å². The number of carbonyl (C=O) groups is 5. The average molecular weight is 930 g/mol. The predicted molar refractivity (Wildman–Crippen MR) is 256 cm³/mol. The highest BCUT2D eigenvalue weighted by atomic mass is 16.5. The molecule has 18 heteroatoms. The van der Waals surface area contributed by atoms with Crippen molar-refractivity contribution in [3.8, 4) is 5.75 Å². The predicted octanol–water partition coefficient (Wildman–Crippen LogP) is 2.82. The fourth-order valence-corrected chi connectivity index (χ4v) is 8.36. The summed E-state index contributed by atoms with van der Waals surface area (Å²) in [4.78, 5) is 75.3. The fraction of sp³-hybridized carbons (Fsp3) is 0.400. The van der Waals surface area contributed by atoms with Crippen LogP contribution in [0.4, 0.5) is 11.4 Å². The van der Waals surface area contributed by atoms with Crippen molar-refractivity contribution in [2.75, 3.05) is 63.8 Å². The van der Waals surface area contributed by atoms with Gasteiger partial charge in [-0.25, -0.2) is 0 Å². The van der Waals surface area contributed by atoms with Crippen LogP contribution in [-0.2, 0) is 36.9 Å². The first kappa shape index (κ1) is 48.9. The largest absolute Gasteiger partial charge is 0.494 e. The summed E-state index contributed by atoms with van der Waals surface area (Å²) < 4.78 is 17.2. The van der Waals surface area contributed by atoms with Gasteiger partial charge >= 0.3 is 5.84 Å². The van der Waals surface area contributed by atoms with E-state index in [4.69, 9.17) is 25.4 Å². The summed E-state index contributed by atoms with van der Waals surface area (Å²) >= 11 is 0. The quantitative estimate of drug-likeness (QED) is 0.0289. The molecule has 1 aromatic heterocycles. The van der Waals surface area contributed by atoms with E-state index in [0.717, 1.165) is 54.9 Å². The summed E-state index contributed by atoms with van der Waals surface area (Å²) in [6.45, 7) is 4.04. The van der Waals surface area contributed by atoms with Crippen LogP contribution < -0.4 is 37.1 Å². The number of fused-ring (bicyclic) bond motifs is 1. The van der Waals surface area contributed by atoms with Crippen molar-refractivity contribution < 1.29 is 43.6 Å². The first-order valence-corrected chi connectivity index (χ1v) is 23.1. The van der Waals surface area contributed by atoms with E-state index in [-0.39, 0.29) is 49.6 Å². The number of pyridine rings is 1. The molecule has 8 N–H and O–H groups in total. The number of anilines is 2. The number of ether oxygens (including phenoxy) is 3. The Morgan fingerprint density at radius 3 is 2.41 bits per heavy atom. The number of benzene rings is 3. The smallest absolute Gasteiger partial charge is 0.323 e. The van der Waals surface area contributed by atoms with Crippen LogP contribution in [0.15, 0.2) is 96.2 Å². The van der Waals surface area contributed by atoms with Gasteiger partial charge in [0.05, 0.1) is 12.2 Å². The number of piperidine rings is 2. The number of likely N-dealkylation sites (tertiary alicyclic amines) is 1. The maximum Gasteiger partial charge on any atom is 0.323 e. The number of nitrogens with two attached hydrogens (primary N) is 2. The second kappa shape index (κ2) is 23.6. The molecule has 1 unspecified atom stereocenters. The minimum atomic E-state index is -0.730. The molecule has 4 heterocycles. The third kappa shape index (κ3) is 13.1. The number of nitrogens with one attached hydrogen (secondary N) is 4. The first-order chi connectivity index (χ1) is 33.0. The van der Waals surface area contributed by atoms with Gasteiger partial charge in [-0.05, 0) is 117 Å². The molecule has 0 bridgehead atoms. The lowest BCUT2D eigenvalue weighted by molar-refractivity contribution is -0.137. The summed E-state index contributed by atoms with van der Waals surface area (Å²) in [6.07, 6.45) is 8.51. The molecule has 0 spiro atoms. The van der Waals surface area contributed by atoms with E-state index in [0.29, 0.717) is 86.3 Å². The van der Waals surface area contributed by atoms with Crippen molar-refractivity contribution in [1.82, 2.24) is 25.4 Å². The van der Waals surface area contributed by atoms with E-state index < -0.39 is 17.5 Å². The molecule has 0 saturated carbocycles. The Morgan fingerprint density at radius 2 is 1.63 bits per heavy atom. The molecule has 0 radical (unpaired) electrons. The highest BCUT2D eigenvalue weighted by Crippen LogP contribution is 2.33. The van der Waals surface area contributed by atoms with Crippen molar-refractivity contribution >= 4 is 52.6 Å². The molecule has 358 valence electrons. The van der Waals surface area contributed by atoms with Crippen LogP contribution in [0, 0.1) is 0 Å².